The molecule has 2 rings (SSSR count). The molecule has 0 amide bonds. The van der Waals surface area contributed by atoms with E-state index in [2.05, 4.69) is 39.2 Å². The van der Waals surface area contributed by atoms with E-state index in [4.69, 9.17) is 5.84 Å². The van der Waals surface area contributed by atoms with Crippen molar-refractivity contribution in [1.29, 1.82) is 0 Å². The monoisotopic (exact) mass is 250 g/mol. The maximum absolute atomic E-state index is 5.40. The summed E-state index contributed by atoms with van der Waals surface area (Å²) in [6.07, 6.45) is 0. The summed E-state index contributed by atoms with van der Waals surface area (Å²) in [5.41, 5.74) is 3.52. The smallest absolute Gasteiger partial charge is 0.145 e. The molecule has 0 aromatic carbocycles. The van der Waals surface area contributed by atoms with E-state index in [-0.39, 0.29) is 0 Å². The van der Waals surface area contributed by atoms with Crippen molar-refractivity contribution in [2.24, 2.45) is 5.84 Å². The van der Waals surface area contributed by atoms with Gasteiger partial charge in [0.05, 0.1) is 6.54 Å². The second-order valence-electron chi connectivity index (χ2n) is 5.02. The molecule has 1 saturated heterocycles. The van der Waals surface area contributed by atoms with E-state index in [0.717, 1.165) is 37.7 Å². The van der Waals surface area contributed by atoms with Gasteiger partial charge < -0.3 is 10.3 Å². The van der Waals surface area contributed by atoms with Gasteiger partial charge in [-0.2, -0.15) is 0 Å². The molecular weight excluding hydrogens is 228 g/mol. The van der Waals surface area contributed by atoms with Gasteiger partial charge in [0.15, 0.2) is 0 Å². The van der Waals surface area contributed by atoms with Crippen molar-refractivity contribution in [3.05, 3.63) is 17.6 Å². The van der Waals surface area contributed by atoms with Gasteiger partial charge >= 0.3 is 0 Å². The number of nitrogens with two attached hydrogens (primary N) is 1. The normalized spacial score (nSPS) is 22.1. The van der Waals surface area contributed by atoms with Crippen molar-refractivity contribution < 1.29 is 0 Å². The molecule has 18 heavy (non-hydrogen) atoms. The summed E-state index contributed by atoms with van der Waals surface area (Å²) in [6.45, 7) is 8.20. The predicted octanol–water partition coefficient (Wildman–Crippen LogP) is 0.207. The number of hydrogen-bond acceptors (Lipinski definition) is 6. The van der Waals surface area contributed by atoms with Gasteiger partial charge in [-0.3, -0.25) is 4.90 Å². The molecule has 1 unspecified atom stereocenters. The zero-order valence-electron chi connectivity index (χ0n) is 11.3. The molecule has 0 spiro atoms. The van der Waals surface area contributed by atoms with E-state index in [1.54, 1.807) is 0 Å². The van der Waals surface area contributed by atoms with Crippen LogP contribution in [0.2, 0.25) is 0 Å². The Morgan fingerprint density at radius 1 is 1.44 bits per heavy atom. The van der Waals surface area contributed by atoms with Gasteiger partial charge in [0.2, 0.25) is 0 Å². The third kappa shape index (κ3) is 3.16. The van der Waals surface area contributed by atoms with Crippen LogP contribution in [-0.4, -0.2) is 52.5 Å². The highest BCUT2D eigenvalue weighted by molar-refractivity contribution is 5.33. The Morgan fingerprint density at radius 2 is 2.22 bits per heavy atom. The average Bonchev–Trinajstić information content (AvgIpc) is 2.33. The number of likely N-dealkylation sites (N-methyl/N-ethyl adjacent to an activating group) is 1. The van der Waals surface area contributed by atoms with Crippen LogP contribution in [0, 0.1) is 6.92 Å². The van der Waals surface area contributed by atoms with Crippen molar-refractivity contribution in [2.75, 3.05) is 32.1 Å². The number of nitrogen functional groups attached to an aromatic ring is 1. The average molecular weight is 250 g/mol. The molecule has 2 heterocycles. The Hall–Kier alpha value is -1.24. The molecule has 1 aromatic heterocycles. The molecule has 100 valence electrons. The van der Waals surface area contributed by atoms with Crippen LogP contribution >= 0.6 is 0 Å². The van der Waals surface area contributed by atoms with Gasteiger partial charge in [-0.15, -0.1) is 0 Å². The Kier molecular flexibility index (Phi) is 4.11. The number of aryl methyl sites for hydroxylation is 1. The maximum Gasteiger partial charge on any atom is 0.145 e. The molecular formula is C12H22N6. The van der Waals surface area contributed by atoms with Crippen molar-refractivity contribution in [1.82, 2.24) is 19.8 Å². The Morgan fingerprint density at radius 3 is 2.89 bits per heavy atom. The summed E-state index contributed by atoms with van der Waals surface area (Å²) < 4.78 is 0. The number of nitrogens with zero attached hydrogens (tertiary/aromatic N) is 4. The van der Waals surface area contributed by atoms with Crippen LogP contribution < -0.4 is 11.3 Å². The van der Waals surface area contributed by atoms with Crippen LogP contribution in [0.4, 0.5) is 5.82 Å². The Labute approximate surface area is 108 Å². The molecule has 1 fully saturated rings. The van der Waals surface area contributed by atoms with Crippen LogP contribution in [-0.2, 0) is 6.54 Å². The molecule has 0 bridgehead atoms. The van der Waals surface area contributed by atoms with Crippen LogP contribution in [0.1, 0.15) is 18.4 Å². The van der Waals surface area contributed by atoms with Gasteiger partial charge in [0, 0.05) is 37.4 Å². The summed E-state index contributed by atoms with van der Waals surface area (Å²) in [7, 11) is 2.17. The summed E-state index contributed by atoms with van der Waals surface area (Å²) in [5.74, 6) is 6.91. The van der Waals surface area contributed by atoms with Crippen LogP contribution in [0.15, 0.2) is 6.07 Å². The van der Waals surface area contributed by atoms with E-state index < -0.39 is 0 Å². The molecule has 1 aliphatic heterocycles. The van der Waals surface area contributed by atoms with Gasteiger partial charge in [0.1, 0.15) is 11.6 Å². The lowest BCUT2D eigenvalue weighted by molar-refractivity contribution is 0.0980. The van der Waals surface area contributed by atoms with Gasteiger partial charge in [-0.25, -0.2) is 15.8 Å². The lowest BCUT2D eigenvalue weighted by atomic mass is 10.2. The molecule has 1 aromatic rings. The maximum atomic E-state index is 5.40. The Bertz CT molecular complexity index is 408. The SMILES string of the molecule is Cc1cc(NN)nc(CN2CCN(C)C(C)C2)n1. The fourth-order valence-electron chi connectivity index (χ4n) is 2.24. The molecule has 1 aliphatic rings. The number of piperazine rings is 1. The number of hydrogen-bond donors (Lipinski definition) is 2. The number of rotatable bonds is 3. The summed E-state index contributed by atoms with van der Waals surface area (Å²) in [5, 5.41) is 0. The predicted molar refractivity (Wildman–Crippen MR) is 71.9 cm³/mol. The minimum atomic E-state index is 0.579. The highest BCUT2D eigenvalue weighted by Crippen LogP contribution is 2.11. The molecule has 0 aliphatic carbocycles. The molecule has 0 saturated carbocycles. The largest absolute Gasteiger partial charge is 0.308 e. The molecule has 1 atom stereocenters. The highest BCUT2D eigenvalue weighted by atomic mass is 15.3. The van der Waals surface area contributed by atoms with E-state index in [1.165, 1.54) is 0 Å². The first kappa shape index (κ1) is 13.2. The standard InChI is InChI=1S/C12H22N6/c1-9-6-11(16-13)15-12(14-9)8-18-5-4-17(3)10(2)7-18/h6,10H,4-5,7-8,13H2,1-3H3,(H,14,15,16). The number of aromatic nitrogens is 2. The second kappa shape index (κ2) is 5.60. The third-order valence-corrected chi connectivity index (χ3v) is 3.46. The Balaban J connectivity index is 2.03. The van der Waals surface area contributed by atoms with Crippen molar-refractivity contribution in [3.63, 3.8) is 0 Å². The molecule has 6 heteroatoms. The van der Waals surface area contributed by atoms with E-state index in [1.807, 2.05) is 13.0 Å². The number of anilines is 1. The lowest BCUT2D eigenvalue weighted by Crippen LogP contribution is -2.49. The molecule has 6 nitrogen and oxygen atoms in total. The summed E-state index contributed by atoms with van der Waals surface area (Å²) in [4.78, 5) is 13.6. The van der Waals surface area contributed by atoms with Crippen molar-refractivity contribution in [2.45, 2.75) is 26.4 Å². The zero-order chi connectivity index (χ0) is 13.1. The lowest BCUT2D eigenvalue weighted by Gasteiger charge is -2.37. The van der Waals surface area contributed by atoms with Crippen molar-refractivity contribution in [3.8, 4) is 0 Å². The fourth-order valence-corrected chi connectivity index (χ4v) is 2.24. The third-order valence-electron chi connectivity index (χ3n) is 3.46. The number of nitrogens with one attached hydrogen (secondary N) is 1. The highest BCUT2D eigenvalue weighted by Gasteiger charge is 2.21. The van der Waals surface area contributed by atoms with E-state index >= 15 is 0 Å². The van der Waals surface area contributed by atoms with E-state index in [9.17, 15) is 0 Å². The first-order valence-electron chi connectivity index (χ1n) is 6.32. The first-order chi connectivity index (χ1) is 8.58. The van der Waals surface area contributed by atoms with Crippen LogP contribution in [0.25, 0.3) is 0 Å². The quantitative estimate of drug-likeness (QED) is 0.590. The summed E-state index contributed by atoms with van der Waals surface area (Å²) >= 11 is 0. The zero-order valence-corrected chi connectivity index (χ0v) is 11.3. The van der Waals surface area contributed by atoms with Gasteiger partial charge in [-0.05, 0) is 20.9 Å². The minimum Gasteiger partial charge on any atom is -0.308 e. The van der Waals surface area contributed by atoms with Gasteiger partial charge in [0.25, 0.3) is 0 Å². The fraction of sp³-hybridized carbons (Fsp3) is 0.667. The topological polar surface area (TPSA) is 70.3 Å². The first-order valence-corrected chi connectivity index (χ1v) is 6.32. The van der Waals surface area contributed by atoms with Gasteiger partial charge in [-0.1, -0.05) is 0 Å². The second-order valence-corrected chi connectivity index (χ2v) is 5.02. The van der Waals surface area contributed by atoms with Crippen LogP contribution in [0.3, 0.4) is 0 Å². The number of hydrazine groups is 1. The van der Waals surface area contributed by atoms with E-state index in [0.29, 0.717) is 11.9 Å². The minimum absolute atomic E-state index is 0.579. The van der Waals surface area contributed by atoms with Crippen LogP contribution in [0.5, 0.6) is 0 Å². The molecule has 3 N–H and O–H groups in total. The molecule has 0 radical (unpaired) electrons. The van der Waals surface area contributed by atoms with Crippen molar-refractivity contribution >= 4 is 5.82 Å². The summed E-state index contributed by atoms with van der Waals surface area (Å²) in [6, 6.07) is 2.42.